The fraction of sp³-hybridized carbons (Fsp3) is 0.529. The van der Waals surface area contributed by atoms with Crippen LogP contribution in [0.5, 0.6) is 0 Å². The molecular formula is C17H23N9. The molecule has 0 aliphatic rings. The van der Waals surface area contributed by atoms with Gasteiger partial charge >= 0.3 is 0 Å². The summed E-state index contributed by atoms with van der Waals surface area (Å²) in [7, 11) is 0. The predicted molar refractivity (Wildman–Crippen MR) is 98.5 cm³/mol. The van der Waals surface area contributed by atoms with E-state index in [2.05, 4.69) is 61.2 Å². The monoisotopic (exact) mass is 353 g/mol. The first kappa shape index (κ1) is 17.8. The number of nitrogens with one attached hydrogen (secondary N) is 2. The van der Waals surface area contributed by atoms with Crippen LogP contribution >= 0.6 is 0 Å². The Morgan fingerprint density at radius 1 is 1.00 bits per heavy atom. The molecule has 3 rings (SSSR count). The van der Waals surface area contributed by atoms with E-state index < -0.39 is 0 Å². The molecule has 0 aliphatic heterocycles. The molecule has 0 aromatic carbocycles. The summed E-state index contributed by atoms with van der Waals surface area (Å²) < 4.78 is 1.54. The van der Waals surface area contributed by atoms with Gasteiger partial charge in [-0.3, -0.25) is 5.10 Å². The van der Waals surface area contributed by atoms with Crippen LogP contribution in [0.1, 0.15) is 58.8 Å². The Morgan fingerprint density at radius 3 is 2.23 bits per heavy atom. The van der Waals surface area contributed by atoms with Crippen LogP contribution in [0.3, 0.4) is 0 Å². The highest BCUT2D eigenvalue weighted by Crippen LogP contribution is 2.39. The van der Waals surface area contributed by atoms with Crippen molar-refractivity contribution in [3.8, 4) is 0 Å². The van der Waals surface area contributed by atoms with E-state index >= 15 is 0 Å². The van der Waals surface area contributed by atoms with Crippen molar-refractivity contribution < 1.29 is 0 Å². The van der Waals surface area contributed by atoms with Gasteiger partial charge in [-0.25, -0.2) is 4.85 Å². The summed E-state index contributed by atoms with van der Waals surface area (Å²) in [4.78, 5) is 6.76. The van der Waals surface area contributed by atoms with Crippen molar-refractivity contribution >= 4 is 22.8 Å². The molecule has 0 atom stereocenters. The summed E-state index contributed by atoms with van der Waals surface area (Å²) in [5.41, 5.74) is 2.64. The third kappa shape index (κ3) is 2.98. The third-order valence-electron chi connectivity index (χ3n) is 3.89. The molecule has 0 radical (unpaired) electrons. The second kappa shape index (κ2) is 5.76. The second-order valence-electron chi connectivity index (χ2n) is 8.33. The van der Waals surface area contributed by atoms with Gasteiger partial charge in [-0.15, -0.1) is 20.0 Å². The SMILES string of the molecule is [C-]#[N+]c1c(C(C)(C)C)n[nH]c1/N=N/c1c(C(C)(C)C)nn2nc(C)[nH]c12. The van der Waals surface area contributed by atoms with E-state index in [0.717, 1.165) is 11.5 Å². The van der Waals surface area contributed by atoms with E-state index in [9.17, 15) is 0 Å². The minimum atomic E-state index is -0.258. The number of aromatic amines is 2. The number of azo groups is 1. The number of hydrogen-bond acceptors (Lipinski definition) is 5. The number of aromatic nitrogens is 6. The average molecular weight is 353 g/mol. The molecule has 3 aromatic rings. The van der Waals surface area contributed by atoms with Gasteiger partial charge in [0.1, 0.15) is 5.82 Å². The number of nitrogens with zero attached hydrogens (tertiary/aromatic N) is 7. The van der Waals surface area contributed by atoms with E-state index in [1.54, 1.807) is 0 Å². The van der Waals surface area contributed by atoms with E-state index in [-0.39, 0.29) is 10.8 Å². The summed E-state index contributed by atoms with van der Waals surface area (Å²) in [6.45, 7) is 21.5. The van der Waals surface area contributed by atoms with Crippen LogP contribution in [-0.4, -0.2) is 30.0 Å². The summed E-state index contributed by atoms with van der Waals surface area (Å²) in [6, 6.07) is 0. The molecule has 26 heavy (non-hydrogen) atoms. The molecule has 0 spiro atoms. The third-order valence-corrected chi connectivity index (χ3v) is 3.89. The zero-order chi connectivity index (χ0) is 19.3. The molecule has 0 aliphatic carbocycles. The van der Waals surface area contributed by atoms with E-state index in [0.29, 0.717) is 28.5 Å². The molecule has 3 aromatic heterocycles. The maximum absolute atomic E-state index is 7.48. The van der Waals surface area contributed by atoms with Crippen LogP contribution < -0.4 is 0 Å². The molecule has 0 amide bonds. The molecule has 0 unspecified atom stereocenters. The molecule has 9 nitrogen and oxygen atoms in total. The van der Waals surface area contributed by atoms with Gasteiger partial charge in [-0.05, 0) is 12.3 Å². The lowest BCUT2D eigenvalue weighted by Gasteiger charge is -2.15. The molecule has 0 saturated heterocycles. The molecule has 0 fully saturated rings. The fourth-order valence-electron chi connectivity index (χ4n) is 2.64. The number of rotatable bonds is 2. The second-order valence-corrected chi connectivity index (χ2v) is 8.33. The maximum atomic E-state index is 7.48. The van der Waals surface area contributed by atoms with Crippen LogP contribution in [0, 0.1) is 13.5 Å². The van der Waals surface area contributed by atoms with Crippen molar-refractivity contribution in [2.75, 3.05) is 0 Å². The Hall–Kier alpha value is -3.02. The van der Waals surface area contributed by atoms with Gasteiger partial charge in [0.2, 0.25) is 0 Å². The Bertz CT molecular complexity index is 1030. The zero-order valence-electron chi connectivity index (χ0n) is 16.1. The van der Waals surface area contributed by atoms with Gasteiger partial charge in [-0.1, -0.05) is 41.5 Å². The topological polar surface area (TPSA) is 104 Å². The van der Waals surface area contributed by atoms with Crippen molar-refractivity contribution in [2.45, 2.75) is 59.3 Å². The highest BCUT2D eigenvalue weighted by molar-refractivity contribution is 5.69. The van der Waals surface area contributed by atoms with Crippen LogP contribution in [0.25, 0.3) is 10.5 Å². The molecule has 0 saturated carbocycles. The minimum Gasteiger partial charge on any atom is -0.324 e. The van der Waals surface area contributed by atoms with Crippen molar-refractivity contribution in [3.63, 3.8) is 0 Å². The van der Waals surface area contributed by atoms with Gasteiger partial charge in [0.25, 0.3) is 5.69 Å². The summed E-state index contributed by atoms with van der Waals surface area (Å²) in [5.74, 6) is 1.09. The first-order valence-electron chi connectivity index (χ1n) is 8.36. The summed E-state index contributed by atoms with van der Waals surface area (Å²) >= 11 is 0. The molecule has 3 heterocycles. The van der Waals surface area contributed by atoms with Crippen molar-refractivity contribution in [1.82, 2.24) is 30.0 Å². The Morgan fingerprint density at radius 2 is 1.65 bits per heavy atom. The van der Waals surface area contributed by atoms with Crippen LogP contribution in [-0.2, 0) is 10.8 Å². The Kier molecular flexibility index (Phi) is 3.94. The van der Waals surface area contributed by atoms with Crippen LogP contribution in [0.15, 0.2) is 10.2 Å². The first-order valence-corrected chi connectivity index (χ1v) is 8.36. The van der Waals surface area contributed by atoms with Crippen molar-refractivity contribution in [1.29, 1.82) is 0 Å². The molecule has 0 bridgehead atoms. The zero-order valence-corrected chi connectivity index (χ0v) is 16.1. The van der Waals surface area contributed by atoms with Crippen molar-refractivity contribution in [3.05, 3.63) is 28.6 Å². The maximum Gasteiger partial charge on any atom is 0.255 e. The van der Waals surface area contributed by atoms with Gasteiger partial charge in [0.05, 0.1) is 18.0 Å². The fourth-order valence-corrected chi connectivity index (χ4v) is 2.64. The van der Waals surface area contributed by atoms with E-state index in [4.69, 9.17) is 6.57 Å². The largest absolute Gasteiger partial charge is 0.324 e. The lowest BCUT2D eigenvalue weighted by Crippen LogP contribution is -2.12. The lowest BCUT2D eigenvalue weighted by atomic mass is 9.91. The smallest absolute Gasteiger partial charge is 0.255 e. The average Bonchev–Trinajstić information content (AvgIpc) is 3.15. The molecule has 9 heteroatoms. The summed E-state index contributed by atoms with van der Waals surface area (Å²) in [6.07, 6.45) is 0. The minimum absolute atomic E-state index is 0.232. The van der Waals surface area contributed by atoms with Crippen LogP contribution in [0.2, 0.25) is 0 Å². The van der Waals surface area contributed by atoms with E-state index in [1.165, 1.54) is 4.63 Å². The number of H-pyrrole nitrogens is 2. The number of aryl methyl sites for hydroxylation is 1. The predicted octanol–water partition coefficient (Wildman–Crippen LogP) is 4.65. The highest BCUT2D eigenvalue weighted by atomic mass is 15.5. The van der Waals surface area contributed by atoms with E-state index in [1.807, 2.05) is 27.7 Å². The first-order chi connectivity index (χ1) is 12.0. The Labute approximate surface area is 151 Å². The van der Waals surface area contributed by atoms with Gasteiger partial charge in [0.15, 0.2) is 17.2 Å². The molecule has 136 valence electrons. The normalized spacial score (nSPS) is 13.0. The van der Waals surface area contributed by atoms with Gasteiger partial charge in [-0.2, -0.15) is 10.2 Å². The molecule has 2 N–H and O–H groups in total. The standard InChI is InChI=1S/C17H23N9/c1-9-19-15-11(13(17(5,6)7)25-26(15)24-9)20-22-14-10(18-8)12(21-23-14)16(2,3)4/h1-7H3,(H,19,24)(H,21,23)/b22-20+. The van der Waals surface area contributed by atoms with Crippen molar-refractivity contribution in [2.24, 2.45) is 10.2 Å². The highest BCUT2D eigenvalue weighted by Gasteiger charge is 2.27. The van der Waals surface area contributed by atoms with Gasteiger partial charge in [0, 0.05) is 5.41 Å². The quantitative estimate of drug-likeness (QED) is 0.517. The Balaban J connectivity index is 2.12. The summed E-state index contributed by atoms with van der Waals surface area (Å²) in [5, 5.41) is 24.6. The van der Waals surface area contributed by atoms with Crippen LogP contribution in [0.4, 0.5) is 17.2 Å². The van der Waals surface area contributed by atoms with Gasteiger partial charge < -0.3 is 4.98 Å². The lowest BCUT2D eigenvalue weighted by molar-refractivity contribution is 0.557. The number of hydrogen-bond donors (Lipinski definition) is 2. The number of fused-ring (bicyclic) bond motifs is 1. The molecular weight excluding hydrogens is 330 g/mol.